The van der Waals surface area contributed by atoms with Crippen LogP contribution in [0.25, 0.3) is 0 Å². The Kier molecular flexibility index (Phi) is 29.4. The first-order chi connectivity index (χ1) is 30.4. The van der Waals surface area contributed by atoms with Crippen molar-refractivity contribution in [3.8, 4) is 0 Å². The Hall–Kier alpha value is -0.800. The molecule has 0 radical (unpaired) electrons. The van der Waals surface area contributed by atoms with Gasteiger partial charge >= 0.3 is 0 Å². The minimum atomic E-state index is -1.36. The molecule has 0 fully saturated rings. The number of benzene rings is 2. The molecule has 4 atom stereocenters. The minimum absolute atomic E-state index is 0.00380. The van der Waals surface area contributed by atoms with Crippen molar-refractivity contribution in [3.63, 3.8) is 0 Å². The second kappa shape index (κ2) is 30.7. The highest BCUT2D eigenvalue weighted by Gasteiger charge is 2.33. The lowest BCUT2D eigenvalue weighted by Gasteiger charge is -2.28. The van der Waals surface area contributed by atoms with Crippen LogP contribution in [-0.4, -0.2) is 194 Å². The molecule has 6 amide bonds. The molecule has 0 spiro atoms. The van der Waals surface area contributed by atoms with Gasteiger partial charge in [0.1, 0.15) is 6.10 Å². The molecule has 0 aliphatic heterocycles. The molecule has 0 bridgehead atoms. The normalized spacial score (nSPS) is 12.9. The van der Waals surface area contributed by atoms with Crippen molar-refractivity contribution in [2.75, 3.05) is 76.1 Å². The molecular weight excluding hydrogens is 1550 g/mol. The van der Waals surface area contributed by atoms with E-state index in [0.717, 1.165) is 4.90 Å². The molecule has 0 aliphatic rings. The van der Waals surface area contributed by atoms with E-state index in [-0.39, 0.29) is 74.7 Å². The Morgan fingerprint density at radius 3 is 1.14 bits per heavy atom. The van der Waals surface area contributed by atoms with Crippen LogP contribution in [0.15, 0.2) is 0 Å². The highest BCUT2D eigenvalue weighted by Crippen LogP contribution is 2.39. The maximum Gasteiger partial charge on any atom is 0.253 e. The largest absolute Gasteiger partial charge is 0.394 e. The summed E-state index contributed by atoms with van der Waals surface area (Å²) in [5.41, 5.74) is 0.297. The molecule has 0 heterocycles. The van der Waals surface area contributed by atoms with E-state index in [1.165, 1.54) is 13.8 Å². The minimum Gasteiger partial charge on any atom is -0.394 e. The van der Waals surface area contributed by atoms with Gasteiger partial charge in [-0.3, -0.25) is 28.8 Å². The first kappa shape index (κ1) is 62.2. The van der Waals surface area contributed by atoms with Crippen LogP contribution in [0.5, 0.6) is 0 Å². The van der Waals surface area contributed by atoms with E-state index in [0.29, 0.717) is 0 Å². The number of rotatable bonds is 22. The van der Waals surface area contributed by atoms with Crippen molar-refractivity contribution < 1.29 is 84.9 Å². The van der Waals surface area contributed by atoms with E-state index in [2.05, 4.69) is 26.6 Å². The molecule has 366 valence electrons. The fourth-order valence-corrected chi connectivity index (χ4v) is 14.0. The number of anilines is 2. The lowest BCUT2D eigenvalue weighted by molar-refractivity contribution is -0.123. The molecule has 29 heteroatoms. The van der Waals surface area contributed by atoms with Gasteiger partial charge in [0.15, 0.2) is 0 Å². The van der Waals surface area contributed by atoms with Gasteiger partial charge in [-0.2, -0.15) is 0 Å². The summed E-state index contributed by atoms with van der Waals surface area (Å²) in [5, 5.41) is 115. The maximum atomic E-state index is 13.0. The number of halogens is 6. The first-order valence-electron chi connectivity index (χ1n) is 18.6. The highest BCUT2D eigenvalue weighted by atomic mass is 127. The monoisotopic (exact) mass is 1600 g/mol. The average Bonchev–Trinajstić information content (AvgIpc) is 3.26. The van der Waals surface area contributed by atoms with Crippen molar-refractivity contribution in [2.45, 2.75) is 50.3 Å². The Morgan fingerprint density at radius 2 is 0.846 bits per heavy atom. The van der Waals surface area contributed by atoms with E-state index >= 15 is 0 Å². The van der Waals surface area contributed by atoms with Gasteiger partial charge in [0.2, 0.25) is 5.91 Å². The van der Waals surface area contributed by atoms with Gasteiger partial charge in [-0.1, -0.05) is 0 Å². The molecule has 0 aromatic heterocycles. The van der Waals surface area contributed by atoms with Gasteiger partial charge in [-0.05, 0) is 142 Å². The second-order valence-corrected chi connectivity index (χ2v) is 19.9. The van der Waals surface area contributed by atoms with Gasteiger partial charge in [0, 0.05) is 27.2 Å². The zero-order valence-corrected chi connectivity index (χ0v) is 47.1. The Balaban J connectivity index is 0.000000653. The molecule has 0 saturated carbocycles. The van der Waals surface area contributed by atoms with Crippen molar-refractivity contribution in [1.29, 1.82) is 0 Å². The van der Waals surface area contributed by atoms with Crippen molar-refractivity contribution in [2.24, 2.45) is 0 Å². The third-order valence-corrected chi connectivity index (χ3v) is 14.8. The molecule has 2 aromatic carbocycles. The number of carbonyl (C=O) groups is 6. The number of nitrogens with zero attached hydrogens (tertiary/aromatic N) is 1. The average molecular weight is 1600 g/mol. The van der Waals surface area contributed by atoms with Crippen molar-refractivity contribution in [3.05, 3.63) is 43.7 Å². The van der Waals surface area contributed by atoms with Crippen LogP contribution in [0.1, 0.15) is 55.3 Å². The molecule has 3 unspecified atom stereocenters. The lowest BCUT2D eigenvalue weighted by atomic mass is 10.1. The quantitative estimate of drug-likeness (QED) is 0.0536. The Morgan fingerprint density at radius 1 is 0.508 bits per heavy atom. The number of carbonyl (C=O) groups excluding carboxylic acids is 6. The lowest BCUT2D eigenvalue weighted by Crippen LogP contribution is -2.42. The van der Waals surface area contributed by atoms with Crippen molar-refractivity contribution >= 4 is 182 Å². The molecule has 16 N–H and O–H groups in total. The highest BCUT2D eigenvalue weighted by molar-refractivity contribution is 14.1. The fourth-order valence-electron chi connectivity index (χ4n) is 4.87. The van der Waals surface area contributed by atoms with Gasteiger partial charge in [-0.15, -0.1) is 0 Å². The molecule has 0 aliphatic carbocycles. The summed E-state index contributed by atoms with van der Waals surface area (Å²) in [6.45, 7) is -2.24. The summed E-state index contributed by atoms with van der Waals surface area (Å²) >= 11 is 10.9. The topological polar surface area (TPSA) is 388 Å². The third-order valence-electron chi connectivity index (χ3n) is 8.37. The number of aliphatic hydroxyl groups is 11. The number of hydrogen-bond donors (Lipinski definition) is 16. The summed E-state index contributed by atoms with van der Waals surface area (Å²) in [6.07, 6.45) is -5.07. The van der Waals surface area contributed by atoms with Crippen LogP contribution in [0.4, 0.5) is 11.4 Å². The Labute approximate surface area is 453 Å². The molecular formula is C36H48I6N6O17. The van der Waals surface area contributed by atoms with Crippen LogP contribution in [0.3, 0.4) is 0 Å². The molecule has 65 heavy (non-hydrogen) atoms. The van der Waals surface area contributed by atoms with Gasteiger partial charge < -0.3 is 87.7 Å². The first-order valence-corrected chi connectivity index (χ1v) is 25.1. The predicted octanol–water partition coefficient (Wildman–Crippen LogP) is -2.64. The van der Waals surface area contributed by atoms with Crippen LogP contribution < -0.4 is 31.5 Å². The van der Waals surface area contributed by atoms with Gasteiger partial charge in [0.05, 0.1) is 131 Å². The maximum absolute atomic E-state index is 13.0. The summed E-state index contributed by atoms with van der Waals surface area (Å²) in [4.78, 5) is 77.5. The van der Waals surface area contributed by atoms with Crippen LogP contribution in [0.2, 0.25) is 0 Å². The molecule has 0 saturated heterocycles. The molecule has 23 nitrogen and oxygen atoms in total. The fraction of sp³-hybridized carbons (Fsp3) is 0.500. The zero-order chi connectivity index (χ0) is 50.0. The predicted molar refractivity (Wildman–Crippen MR) is 282 cm³/mol. The van der Waals surface area contributed by atoms with E-state index in [9.17, 15) is 74.7 Å². The van der Waals surface area contributed by atoms with Gasteiger partial charge in [-0.25, -0.2) is 0 Å². The SMILES string of the molecule is CC(=O)N(CC(O)CO)c1c(I)c(C(=O)NCC(O)CO)c(I)c(C(=O)NCC(O)CO)c1I.C[C@H](O)C(=O)Nc1c(I)c(C(=O)NC(CO)CO)c(I)c(C(=O)NC(CO)CO)c1I. The van der Waals surface area contributed by atoms with E-state index in [4.69, 9.17) is 10.2 Å². The smallest absolute Gasteiger partial charge is 0.253 e. The standard InChI is InChI=1S/C19H26I3N3O9.C17H22I3N3O8/c1-8(29)25(4-11(32)7-28)17-15(21)12(18(33)23-2-9(30)5-26)14(20)13(16(17)22)19(34)24-3-10(31)6-27;1-6(28)15(29)23-14-12(19)9(16(30)21-7(2-24)3-25)11(18)10(13(14)20)17(31)22-8(4-26)5-27/h9-11,26-28,30-32H,2-7H2,1H3,(H,23,33)(H,24,34);6-8,24-28H,2-5H2,1H3,(H,21,30)(H,22,31)(H,23,29)/t;6-/m.0/s1. The van der Waals surface area contributed by atoms with Crippen LogP contribution in [-0.2, 0) is 9.59 Å². The zero-order valence-electron chi connectivity index (χ0n) is 34.1. The van der Waals surface area contributed by atoms with Gasteiger partial charge in [0.25, 0.3) is 29.5 Å². The van der Waals surface area contributed by atoms with Crippen LogP contribution >= 0.6 is 136 Å². The summed E-state index contributed by atoms with van der Waals surface area (Å²) in [6, 6.07) is -1.89. The molecule has 2 aromatic rings. The van der Waals surface area contributed by atoms with Crippen LogP contribution in [0, 0.1) is 21.4 Å². The molecule has 2 rings (SSSR count). The number of aliphatic hydroxyl groups excluding tert-OH is 11. The Bertz CT molecular complexity index is 1910. The summed E-state index contributed by atoms with van der Waals surface area (Å²) in [7, 11) is 0. The van der Waals surface area contributed by atoms with Crippen molar-refractivity contribution in [1.82, 2.24) is 21.3 Å². The number of hydrogen-bond acceptors (Lipinski definition) is 17. The number of amides is 6. The van der Waals surface area contributed by atoms with E-state index in [1.54, 1.807) is 45.2 Å². The summed E-state index contributed by atoms with van der Waals surface area (Å²) < 4.78 is 1.51. The third kappa shape index (κ3) is 17.8. The number of nitrogens with one attached hydrogen (secondary N) is 5. The van der Waals surface area contributed by atoms with E-state index < -0.39 is 118 Å². The second-order valence-electron chi connectivity index (χ2n) is 13.4. The van der Waals surface area contributed by atoms with E-state index in [1.807, 2.05) is 90.4 Å². The summed E-state index contributed by atoms with van der Waals surface area (Å²) in [5.74, 6) is -4.07.